The summed E-state index contributed by atoms with van der Waals surface area (Å²) in [6.07, 6.45) is 0. The fraction of sp³-hybridized carbons (Fsp3) is 0.231. The van der Waals surface area contributed by atoms with E-state index < -0.39 is 5.97 Å². The first kappa shape index (κ1) is 13.2. The lowest BCUT2D eigenvalue weighted by atomic mass is 10.0. The zero-order valence-electron chi connectivity index (χ0n) is 10.3. The first-order chi connectivity index (χ1) is 8.52. The standard InChI is InChI=1S/C13H12BrNO2S/c1-7-4-5-9(8(2)6-7)11-10(12(16)17-3)15-13(14)18-11/h4-6H,1-3H3. The van der Waals surface area contributed by atoms with Crippen molar-refractivity contribution in [1.29, 1.82) is 0 Å². The van der Waals surface area contributed by atoms with Gasteiger partial charge in [-0.15, -0.1) is 11.3 Å². The van der Waals surface area contributed by atoms with Crippen LogP contribution in [-0.4, -0.2) is 18.1 Å². The van der Waals surface area contributed by atoms with E-state index in [2.05, 4.69) is 27.0 Å². The molecular weight excluding hydrogens is 314 g/mol. The lowest BCUT2D eigenvalue weighted by molar-refractivity contribution is 0.0595. The van der Waals surface area contributed by atoms with Crippen LogP contribution in [0, 0.1) is 13.8 Å². The third kappa shape index (κ3) is 2.47. The van der Waals surface area contributed by atoms with Gasteiger partial charge in [-0.25, -0.2) is 9.78 Å². The Kier molecular flexibility index (Phi) is 3.82. The number of carbonyl (C=O) groups is 1. The summed E-state index contributed by atoms with van der Waals surface area (Å²) in [4.78, 5) is 16.7. The minimum absolute atomic E-state index is 0.362. The van der Waals surface area contributed by atoms with Crippen LogP contribution < -0.4 is 0 Å². The maximum Gasteiger partial charge on any atom is 0.358 e. The van der Waals surface area contributed by atoms with Crippen LogP contribution in [0.4, 0.5) is 0 Å². The molecule has 1 aromatic carbocycles. The molecule has 0 aliphatic carbocycles. The van der Waals surface area contributed by atoms with Crippen LogP contribution in [0.25, 0.3) is 10.4 Å². The summed E-state index contributed by atoms with van der Waals surface area (Å²) in [5.74, 6) is -0.410. The monoisotopic (exact) mass is 325 g/mol. The number of carbonyl (C=O) groups excluding carboxylic acids is 1. The number of hydrogen-bond acceptors (Lipinski definition) is 4. The number of benzene rings is 1. The maximum atomic E-state index is 11.7. The Balaban J connectivity index is 2.60. The van der Waals surface area contributed by atoms with Crippen LogP contribution in [0.5, 0.6) is 0 Å². The average molecular weight is 326 g/mol. The van der Waals surface area contributed by atoms with Crippen LogP contribution in [0.1, 0.15) is 21.6 Å². The van der Waals surface area contributed by atoms with Gasteiger partial charge in [0.05, 0.1) is 12.0 Å². The molecule has 0 fully saturated rings. The molecular formula is C13H12BrNO2S. The zero-order chi connectivity index (χ0) is 13.3. The Morgan fingerprint density at radius 2 is 2.11 bits per heavy atom. The van der Waals surface area contributed by atoms with E-state index in [0.29, 0.717) is 9.61 Å². The van der Waals surface area contributed by atoms with Gasteiger partial charge in [0.2, 0.25) is 0 Å². The lowest BCUT2D eigenvalue weighted by Crippen LogP contribution is -2.03. The Morgan fingerprint density at radius 3 is 2.72 bits per heavy atom. The molecule has 0 aliphatic heterocycles. The van der Waals surface area contributed by atoms with Crippen molar-refractivity contribution in [2.45, 2.75) is 13.8 Å². The Bertz CT molecular complexity index is 607. The van der Waals surface area contributed by atoms with Crippen LogP contribution in [0.3, 0.4) is 0 Å². The molecule has 0 radical (unpaired) electrons. The fourth-order valence-corrected chi connectivity index (χ4v) is 3.31. The number of aryl methyl sites for hydroxylation is 2. The van der Waals surface area contributed by atoms with E-state index in [9.17, 15) is 4.79 Å². The molecule has 0 aliphatic rings. The minimum atomic E-state index is -0.410. The highest BCUT2D eigenvalue weighted by molar-refractivity contribution is 9.11. The second-order valence-electron chi connectivity index (χ2n) is 3.95. The molecule has 1 heterocycles. The Morgan fingerprint density at radius 1 is 1.39 bits per heavy atom. The van der Waals surface area contributed by atoms with Gasteiger partial charge in [-0.1, -0.05) is 23.8 Å². The van der Waals surface area contributed by atoms with Gasteiger partial charge in [0.25, 0.3) is 0 Å². The van der Waals surface area contributed by atoms with Crippen LogP contribution >= 0.6 is 27.3 Å². The fourth-order valence-electron chi connectivity index (χ4n) is 1.78. The average Bonchev–Trinajstić information content (AvgIpc) is 2.70. The number of rotatable bonds is 2. The molecule has 5 heteroatoms. The van der Waals surface area contributed by atoms with Crippen LogP contribution in [0.15, 0.2) is 22.1 Å². The number of hydrogen-bond donors (Lipinski definition) is 0. The summed E-state index contributed by atoms with van der Waals surface area (Å²) < 4.78 is 5.44. The van der Waals surface area contributed by atoms with Crippen molar-refractivity contribution in [3.05, 3.63) is 38.9 Å². The van der Waals surface area contributed by atoms with Crippen molar-refractivity contribution in [1.82, 2.24) is 4.98 Å². The van der Waals surface area contributed by atoms with Crippen molar-refractivity contribution >= 4 is 33.2 Å². The summed E-state index contributed by atoms with van der Waals surface area (Å²) >= 11 is 4.75. The summed E-state index contributed by atoms with van der Waals surface area (Å²) in [6, 6.07) is 6.12. The molecule has 0 N–H and O–H groups in total. The van der Waals surface area contributed by atoms with Crippen molar-refractivity contribution in [3.8, 4) is 10.4 Å². The van der Waals surface area contributed by atoms with Gasteiger partial charge in [-0.05, 0) is 40.9 Å². The molecule has 1 aromatic heterocycles. The molecule has 94 valence electrons. The van der Waals surface area contributed by atoms with Crippen LogP contribution in [-0.2, 0) is 4.74 Å². The number of halogens is 1. The normalized spacial score (nSPS) is 10.4. The van der Waals surface area contributed by atoms with Gasteiger partial charge >= 0.3 is 5.97 Å². The number of methoxy groups -OCH3 is 1. The quantitative estimate of drug-likeness (QED) is 0.784. The van der Waals surface area contributed by atoms with E-state index >= 15 is 0 Å². The molecule has 0 unspecified atom stereocenters. The van der Waals surface area contributed by atoms with E-state index in [4.69, 9.17) is 4.74 Å². The van der Waals surface area contributed by atoms with E-state index in [0.717, 1.165) is 16.0 Å². The number of ether oxygens (including phenoxy) is 1. The van der Waals surface area contributed by atoms with E-state index in [1.807, 2.05) is 26.0 Å². The second-order valence-corrected chi connectivity index (χ2v) is 6.23. The van der Waals surface area contributed by atoms with Gasteiger partial charge in [-0.2, -0.15) is 0 Å². The first-order valence-corrected chi connectivity index (χ1v) is 6.96. The van der Waals surface area contributed by atoms with E-state index in [1.54, 1.807) is 0 Å². The molecule has 2 aromatic rings. The predicted octanol–water partition coefficient (Wildman–Crippen LogP) is 3.98. The minimum Gasteiger partial charge on any atom is -0.464 e. The highest BCUT2D eigenvalue weighted by Crippen LogP contribution is 2.35. The Hall–Kier alpha value is -1.20. The van der Waals surface area contributed by atoms with E-state index in [1.165, 1.54) is 24.0 Å². The van der Waals surface area contributed by atoms with Crippen molar-refractivity contribution in [2.75, 3.05) is 7.11 Å². The molecule has 0 bridgehead atoms. The third-order valence-electron chi connectivity index (χ3n) is 2.61. The second kappa shape index (κ2) is 5.20. The highest BCUT2D eigenvalue weighted by atomic mass is 79.9. The lowest BCUT2D eigenvalue weighted by Gasteiger charge is -2.06. The molecule has 0 amide bonds. The summed E-state index contributed by atoms with van der Waals surface area (Å²) in [6.45, 7) is 4.07. The summed E-state index contributed by atoms with van der Waals surface area (Å²) in [5, 5.41) is 0. The number of esters is 1. The van der Waals surface area contributed by atoms with Crippen LogP contribution in [0.2, 0.25) is 0 Å². The Labute approximate surface area is 118 Å². The molecule has 2 rings (SSSR count). The van der Waals surface area contributed by atoms with Gasteiger partial charge in [0.15, 0.2) is 9.61 Å². The SMILES string of the molecule is COC(=O)c1nc(Br)sc1-c1ccc(C)cc1C. The number of nitrogens with zero attached hydrogens (tertiary/aromatic N) is 1. The van der Waals surface area contributed by atoms with Gasteiger partial charge in [-0.3, -0.25) is 0 Å². The largest absolute Gasteiger partial charge is 0.464 e. The third-order valence-corrected chi connectivity index (χ3v) is 4.15. The maximum absolute atomic E-state index is 11.7. The number of thiazole rings is 1. The topological polar surface area (TPSA) is 39.2 Å². The molecule has 0 atom stereocenters. The van der Waals surface area contributed by atoms with Crippen molar-refractivity contribution < 1.29 is 9.53 Å². The van der Waals surface area contributed by atoms with Gasteiger partial charge in [0.1, 0.15) is 0 Å². The summed E-state index contributed by atoms with van der Waals surface area (Å²) in [7, 11) is 1.36. The zero-order valence-corrected chi connectivity index (χ0v) is 12.7. The first-order valence-electron chi connectivity index (χ1n) is 5.35. The molecule has 0 saturated heterocycles. The van der Waals surface area contributed by atoms with Gasteiger partial charge in [0, 0.05) is 0 Å². The van der Waals surface area contributed by atoms with Crippen molar-refractivity contribution in [2.24, 2.45) is 0 Å². The molecule has 0 saturated carbocycles. The molecule has 18 heavy (non-hydrogen) atoms. The van der Waals surface area contributed by atoms with Gasteiger partial charge < -0.3 is 4.74 Å². The van der Waals surface area contributed by atoms with E-state index in [-0.39, 0.29) is 0 Å². The molecule has 3 nitrogen and oxygen atoms in total. The van der Waals surface area contributed by atoms with Crippen molar-refractivity contribution in [3.63, 3.8) is 0 Å². The number of aromatic nitrogens is 1. The highest BCUT2D eigenvalue weighted by Gasteiger charge is 2.20. The smallest absolute Gasteiger partial charge is 0.358 e. The predicted molar refractivity (Wildman–Crippen MR) is 76.1 cm³/mol. The summed E-state index contributed by atoms with van der Waals surface area (Å²) in [5.41, 5.74) is 3.70. The molecule has 0 spiro atoms.